The van der Waals surface area contributed by atoms with E-state index in [0.29, 0.717) is 12.2 Å². The van der Waals surface area contributed by atoms with Crippen molar-refractivity contribution in [3.63, 3.8) is 0 Å². The van der Waals surface area contributed by atoms with Gasteiger partial charge in [-0.3, -0.25) is 0 Å². The van der Waals surface area contributed by atoms with Gasteiger partial charge in [-0.05, 0) is 26.7 Å². The Hall–Kier alpha value is -0.660. The average molecular weight is 182 g/mol. The predicted molar refractivity (Wildman–Crippen MR) is 57.2 cm³/mol. The first kappa shape index (κ1) is 10.4. The molecule has 1 aliphatic rings. The van der Waals surface area contributed by atoms with Crippen LogP contribution in [0.1, 0.15) is 40.0 Å². The van der Waals surface area contributed by atoms with Crippen LogP contribution in [0.15, 0.2) is 12.4 Å². The molecule has 0 spiro atoms. The van der Waals surface area contributed by atoms with Gasteiger partial charge >= 0.3 is 0 Å². The zero-order valence-corrected chi connectivity index (χ0v) is 9.33. The van der Waals surface area contributed by atoms with Crippen molar-refractivity contribution in [1.82, 2.24) is 9.80 Å². The summed E-state index contributed by atoms with van der Waals surface area (Å²) in [5.74, 6) is 0. The minimum Gasteiger partial charge on any atom is -0.359 e. The highest BCUT2D eigenvalue weighted by Gasteiger charge is 2.24. The van der Waals surface area contributed by atoms with E-state index in [4.69, 9.17) is 0 Å². The van der Waals surface area contributed by atoms with Crippen molar-refractivity contribution >= 4 is 0 Å². The molecule has 2 nitrogen and oxygen atoms in total. The Kier molecular flexibility index (Phi) is 3.64. The first-order valence-electron chi connectivity index (χ1n) is 5.34. The van der Waals surface area contributed by atoms with Crippen LogP contribution >= 0.6 is 0 Å². The molecule has 13 heavy (non-hydrogen) atoms. The number of rotatable bonds is 4. The average Bonchev–Trinajstić information content (AvgIpc) is 2.43. The summed E-state index contributed by atoms with van der Waals surface area (Å²) in [5, 5.41) is 0. The monoisotopic (exact) mass is 182 g/mol. The Morgan fingerprint density at radius 1 is 1.31 bits per heavy atom. The van der Waals surface area contributed by atoms with Crippen molar-refractivity contribution in [2.45, 2.75) is 52.2 Å². The van der Waals surface area contributed by atoms with E-state index in [1.807, 2.05) is 0 Å². The second kappa shape index (κ2) is 4.54. The Balaban J connectivity index is 2.49. The quantitative estimate of drug-likeness (QED) is 0.659. The van der Waals surface area contributed by atoms with Gasteiger partial charge < -0.3 is 9.80 Å². The van der Waals surface area contributed by atoms with Crippen LogP contribution in [0.25, 0.3) is 0 Å². The van der Waals surface area contributed by atoms with E-state index in [1.54, 1.807) is 0 Å². The molecule has 0 saturated heterocycles. The maximum absolute atomic E-state index is 2.44. The van der Waals surface area contributed by atoms with E-state index in [2.05, 4.69) is 50.0 Å². The molecule has 0 amide bonds. The van der Waals surface area contributed by atoms with Crippen LogP contribution in [0.2, 0.25) is 0 Å². The summed E-state index contributed by atoms with van der Waals surface area (Å²) in [5.41, 5.74) is 0. The van der Waals surface area contributed by atoms with Crippen LogP contribution in [-0.2, 0) is 0 Å². The molecule has 1 unspecified atom stereocenters. The van der Waals surface area contributed by atoms with E-state index in [-0.39, 0.29) is 0 Å². The fourth-order valence-electron chi connectivity index (χ4n) is 1.85. The third-order valence-electron chi connectivity index (χ3n) is 2.70. The smallest absolute Gasteiger partial charge is 0.101 e. The maximum atomic E-state index is 2.44. The van der Waals surface area contributed by atoms with Gasteiger partial charge in [0, 0.05) is 25.5 Å². The predicted octanol–water partition coefficient (Wildman–Crippen LogP) is 2.63. The van der Waals surface area contributed by atoms with Gasteiger partial charge in [0.15, 0.2) is 0 Å². The molecule has 0 aromatic heterocycles. The van der Waals surface area contributed by atoms with Gasteiger partial charge in [-0.1, -0.05) is 13.3 Å². The van der Waals surface area contributed by atoms with Crippen molar-refractivity contribution in [1.29, 1.82) is 0 Å². The zero-order valence-electron chi connectivity index (χ0n) is 9.33. The third-order valence-corrected chi connectivity index (χ3v) is 2.70. The highest BCUT2D eigenvalue weighted by atomic mass is 15.4. The summed E-state index contributed by atoms with van der Waals surface area (Å²) in [6, 6.07) is 0.614. The lowest BCUT2D eigenvalue weighted by molar-refractivity contribution is 0.134. The summed E-state index contributed by atoms with van der Waals surface area (Å²) in [7, 11) is 2.17. The first-order valence-corrected chi connectivity index (χ1v) is 5.34. The summed E-state index contributed by atoms with van der Waals surface area (Å²) in [6.45, 7) is 6.76. The van der Waals surface area contributed by atoms with E-state index in [1.165, 1.54) is 19.3 Å². The maximum Gasteiger partial charge on any atom is 0.101 e. The van der Waals surface area contributed by atoms with Crippen LogP contribution < -0.4 is 0 Å². The molecule has 0 fully saturated rings. The van der Waals surface area contributed by atoms with Gasteiger partial charge in [0.05, 0.1) is 0 Å². The van der Waals surface area contributed by atoms with Gasteiger partial charge in [0.1, 0.15) is 6.17 Å². The molecule has 0 aromatic rings. The molecule has 1 aliphatic heterocycles. The summed E-state index contributed by atoms with van der Waals surface area (Å²) in [4.78, 5) is 4.76. The fourth-order valence-corrected chi connectivity index (χ4v) is 1.85. The van der Waals surface area contributed by atoms with Crippen molar-refractivity contribution in [2.75, 3.05) is 7.05 Å². The van der Waals surface area contributed by atoms with Crippen molar-refractivity contribution < 1.29 is 0 Å². The van der Waals surface area contributed by atoms with Gasteiger partial charge in [0.25, 0.3) is 0 Å². The molecule has 0 saturated carbocycles. The molecule has 0 bridgehead atoms. The molecule has 2 heteroatoms. The Labute approximate surface area is 82.2 Å². The minimum absolute atomic E-state index is 0.597. The second-order valence-corrected chi connectivity index (χ2v) is 4.13. The normalized spacial score (nSPS) is 22.1. The van der Waals surface area contributed by atoms with Gasteiger partial charge in [-0.25, -0.2) is 0 Å². The topological polar surface area (TPSA) is 6.48 Å². The van der Waals surface area contributed by atoms with Gasteiger partial charge in [-0.2, -0.15) is 0 Å². The Morgan fingerprint density at radius 2 is 2.00 bits per heavy atom. The Bertz CT molecular complexity index is 175. The van der Waals surface area contributed by atoms with E-state index in [9.17, 15) is 0 Å². The minimum atomic E-state index is 0.597. The molecule has 0 aromatic carbocycles. The molecule has 1 heterocycles. The molecule has 1 rings (SSSR count). The number of hydrogen-bond acceptors (Lipinski definition) is 2. The van der Waals surface area contributed by atoms with Crippen LogP contribution in [0.3, 0.4) is 0 Å². The largest absolute Gasteiger partial charge is 0.359 e. The highest BCUT2D eigenvalue weighted by molar-refractivity contribution is 4.96. The second-order valence-electron chi connectivity index (χ2n) is 4.13. The van der Waals surface area contributed by atoms with Crippen LogP contribution in [0, 0.1) is 0 Å². The molecule has 0 aliphatic carbocycles. The lowest BCUT2D eigenvalue weighted by Gasteiger charge is -2.33. The van der Waals surface area contributed by atoms with E-state index >= 15 is 0 Å². The van der Waals surface area contributed by atoms with Crippen molar-refractivity contribution in [3.8, 4) is 0 Å². The fraction of sp³-hybridized carbons (Fsp3) is 0.818. The third kappa shape index (κ3) is 2.39. The molecule has 76 valence electrons. The molecule has 0 radical (unpaired) electrons. The molecular weight excluding hydrogens is 160 g/mol. The zero-order chi connectivity index (χ0) is 9.84. The number of nitrogens with zero attached hydrogens (tertiary/aromatic N) is 2. The van der Waals surface area contributed by atoms with E-state index < -0.39 is 0 Å². The summed E-state index contributed by atoms with van der Waals surface area (Å²) >= 11 is 0. The number of hydrogen-bond donors (Lipinski definition) is 0. The van der Waals surface area contributed by atoms with Crippen molar-refractivity contribution in [3.05, 3.63) is 12.4 Å². The molecule has 1 atom stereocenters. The van der Waals surface area contributed by atoms with Crippen LogP contribution in [0.4, 0.5) is 0 Å². The van der Waals surface area contributed by atoms with Crippen LogP contribution in [-0.4, -0.2) is 29.1 Å². The number of unbranched alkanes of at least 4 members (excludes halogenated alkanes) is 1. The van der Waals surface area contributed by atoms with Gasteiger partial charge in [0.2, 0.25) is 0 Å². The van der Waals surface area contributed by atoms with Crippen LogP contribution in [0.5, 0.6) is 0 Å². The highest BCUT2D eigenvalue weighted by Crippen LogP contribution is 2.21. The summed E-state index contributed by atoms with van der Waals surface area (Å²) in [6.07, 6.45) is 8.87. The van der Waals surface area contributed by atoms with Crippen molar-refractivity contribution in [2.24, 2.45) is 0 Å². The lowest BCUT2D eigenvalue weighted by Crippen LogP contribution is -2.40. The van der Waals surface area contributed by atoms with Gasteiger partial charge in [-0.15, -0.1) is 0 Å². The lowest BCUT2D eigenvalue weighted by atomic mass is 10.2. The SMILES string of the molecule is CCCCC1N(C)C=CN1C(C)C. The Morgan fingerprint density at radius 3 is 2.54 bits per heavy atom. The molecule has 0 N–H and O–H groups in total. The first-order chi connectivity index (χ1) is 6.16. The standard InChI is InChI=1S/C11H22N2/c1-5-6-7-11-12(4)8-9-13(11)10(2)3/h8-11H,5-7H2,1-4H3. The summed E-state index contributed by atoms with van der Waals surface area (Å²) < 4.78 is 0. The van der Waals surface area contributed by atoms with E-state index in [0.717, 1.165) is 0 Å². The molecular formula is C11H22N2.